The van der Waals surface area contributed by atoms with Crippen molar-refractivity contribution in [1.82, 2.24) is 10.3 Å². The lowest BCUT2D eigenvalue weighted by molar-refractivity contribution is 0.0937. The molecule has 1 heterocycles. The zero-order valence-corrected chi connectivity index (χ0v) is 12.6. The molecule has 0 bridgehead atoms. The minimum absolute atomic E-state index is 0.00454. The summed E-state index contributed by atoms with van der Waals surface area (Å²) >= 11 is 5.77. The first-order valence-electron chi connectivity index (χ1n) is 6.71. The van der Waals surface area contributed by atoms with Gasteiger partial charge in [0.25, 0.3) is 5.91 Å². The van der Waals surface area contributed by atoms with Crippen LogP contribution in [0.15, 0.2) is 36.5 Å². The van der Waals surface area contributed by atoms with Gasteiger partial charge in [-0.2, -0.15) is 0 Å². The summed E-state index contributed by atoms with van der Waals surface area (Å²) < 4.78 is 0. The number of pyridine rings is 1. The van der Waals surface area contributed by atoms with Gasteiger partial charge in [0.1, 0.15) is 0 Å². The van der Waals surface area contributed by atoms with E-state index in [0.717, 1.165) is 17.3 Å². The van der Waals surface area contributed by atoms with Gasteiger partial charge < -0.3 is 5.32 Å². The van der Waals surface area contributed by atoms with Crippen molar-refractivity contribution in [2.24, 2.45) is 5.41 Å². The van der Waals surface area contributed by atoms with Crippen molar-refractivity contribution in [2.45, 2.75) is 20.3 Å². The van der Waals surface area contributed by atoms with Crippen LogP contribution < -0.4 is 5.32 Å². The van der Waals surface area contributed by atoms with Crippen molar-refractivity contribution >= 4 is 28.4 Å². The molecule has 0 radical (unpaired) electrons. The van der Waals surface area contributed by atoms with E-state index in [-0.39, 0.29) is 11.3 Å². The largest absolute Gasteiger partial charge is 0.351 e. The molecule has 0 aliphatic rings. The van der Waals surface area contributed by atoms with Crippen LogP contribution in [0.3, 0.4) is 0 Å². The number of alkyl halides is 1. The molecule has 0 unspecified atom stereocenters. The Labute approximate surface area is 124 Å². The van der Waals surface area contributed by atoms with E-state index >= 15 is 0 Å². The van der Waals surface area contributed by atoms with Gasteiger partial charge in [0.15, 0.2) is 0 Å². The Morgan fingerprint density at radius 1 is 1.30 bits per heavy atom. The third kappa shape index (κ3) is 3.48. The standard InChI is InChI=1S/C16H19ClN2O/c1-16(2,8-9-17)11-19-15(20)13-7-3-5-12-6-4-10-18-14(12)13/h3-7,10H,8-9,11H2,1-2H3,(H,19,20). The van der Waals surface area contributed by atoms with Gasteiger partial charge >= 0.3 is 0 Å². The van der Waals surface area contributed by atoms with Crippen LogP contribution in [0.1, 0.15) is 30.6 Å². The number of para-hydroxylation sites is 1. The zero-order chi connectivity index (χ0) is 14.6. The average molecular weight is 291 g/mol. The van der Waals surface area contributed by atoms with Crippen LogP contribution >= 0.6 is 11.6 Å². The molecule has 0 saturated heterocycles. The third-order valence-corrected chi connectivity index (χ3v) is 3.57. The highest BCUT2D eigenvalue weighted by Crippen LogP contribution is 2.20. The molecule has 0 spiro atoms. The maximum absolute atomic E-state index is 12.3. The lowest BCUT2D eigenvalue weighted by atomic mass is 9.90. The number of nitrogens with one attached hydrogen (secondary N) is 1. The van der Waals surface area contributed by atoms with Crippen LogP contribution in [-0.2, 0) is 0 Å². The molecule has 1 aromatic carbocycles. The summed E-state index contributed by atoms with van der Waals surface area (Å²) in [6, 6.07) is 9.46. The highest BCUT2D eigenvalue weighted by Gasteiger charge is 2.19. The van der Waals surface area contributed by atoms with Gasteiger partial charge in [0.2, 0.25) is 0 Å². The van der Waals surface area contributed by atoms with Gasteiger partial charge in [-0.3, -0.25) is 9.78 Å². The molecule has 3 nitrogen and oxygen atoms in total. The Kier molecular flexibility index (Phi) is 4.61. The van der Waals surface area contributed by atoms with E-state index in [1.165, 1.54) is 0 Å². The van der Waals surface area contributed by atoms with Crippen molar-refractivity contribution in [3.8, 4) is 0 Å². The lowest BCUT2D eigenvalue weighted by Gasteiger charge is -2.23. The molecule has 106 valence electrons. The van der Waals surface area contributed by atoms with Crippen molar-refractivity contribution < 1.29 is 4.79 Å². The van der Waals surface area contributed by atoms with E-state index in [0.29, 0.717) is 18.0 Å². The lowest BCUT2D eigenvalue weighted by Crippen LogP contribution is -2.34. The predicted octanol–water partition coefficient (Wildman–Crippen LogP) is 3.62. The fourth-order valence-corrected chi connectivity index (χ4v) is 2.56. The zero-order valence-electron chi connectivity index (χ0n) is 11.8. The summed E-state index contributed by atoms with van der Waals surface area (Å²) in [5, 5.41) is 3.95. The molecule has 1 aromatic heterocycles. The first kappa shape index (κ1) is 14.8. The number of nitrogens with zero attached hydrogens (tertiary/aromatic N) is 1. The number of benzene rings is 1. The van der Waals surface area contributed by atoms with Crippen LogP contribution in [0.4, 0.5) is 0 Å². The number of fused-ring (bicyclic) bond motifs is 1. The second-order valence-corrected chi connectivity index (χ2v) is 6.04. The van der Waals surface area contributed by atoms with Gasteiger partial charge in [-0.05, 0) is 24.0 Å². The van der Waals surface area contributed by atoms with E-state index in [1.807, 2.05) is 24.3 Å². The second kappa shape index (κ2) is 6.23. The molecule has 0 fully saturated rings. The Morgan fingerprint density at radius 2 is 2.05 bits per heavy atom. The summed E-state index contributed by atoms with van der Waals surface area (Å²) in [6.07, 6.45) is 2.57. The summed E-state index contributed by atoms with van der Waals surface area (Å²) in [4.78, 5) is 16.6. The molecule has 4 heteroatoms. The first-order valence-corrected chi connectivity index (χ1v) is 7.25. The number of aromatic nitrogens is 1. The third-order valence-electron chi connectivity index (χ3n) is 3.38. The monoisotopic (exact) mass is 290 g/mol. The van der Waals surface area contributed by atoms with E-state index in [1.54, 1.807) is 12.3 Å². The Balaban J connectivity index is 2.16. The van der Waals surface area contributed by atoms with Crippen molar-refractivity contribution in [3.63, 3.8) is 0 Å². The molecule has 0 aliphatic carbocycles. The summed E-state index contributed by atoms with van der Waals surface area (Å²) in [7, 11) is 0. The fourth-order valence-electron chi connectivity index (χ4n) is 2.05. The van der Waals surface area contributed by atoms with Crippen molar-refractivity contribution in [3.05, 3.63) is 42.1 Å². The number of rotatable bonds is 5. The summed E-state index contributed by atoms with van der Waals surface area (Å²) in [5.74, 6) is 0.510. The molecular formula is C16H19ClN2O. The van der Waals surface area contributed by atoms with E-state index in [2.05, 4.69) is 24.1 Å². The van der Waals surface area contributed by atoms with Gasteiger partial charge in [0.05, 0.1) is 11.1 Å². The number of carbonyl (C=O) groups is 1. The Hall–Kier alpha value is -1.61. The Morgan fingerprint density at radius 3 is 2.80 bits per heavy atom. The van der Waals surface area contributed by atoms with Gasteiger partial charge in [-0.15, -0.1) is 11.6 Å². The molecular weight excluding hydrogens is 272 g/mol. The Bertz CT molecular complexity index is 605. The molecule has 2 rings (SSSR count). The number of hydrogen-bond acceptors (Lipinski definition) is 2. The highest BCUT2D eigenvalue weighted by atomic mass is 35.5. The predicted molar refractivity (Wildman–Crippen MR) is 83.2 cm³/mol. The van der Waals surface area contributed by atoms with E-state index in [9.17, 15) is 4.79 Å². The minimum atomic E-state index is -0.0862. The molecule has 1 amide bonds. The fraction of sp³-hybridized carbons (Fsp3) is 0.375. The van der Waals surface area contributed by atoms with Crippen LogP contribution in [0.5, 0.6) is 0 Å². The number of amides is 1. The molecule has 0 saturated carbocycles. The van der Waals surface area contributed by atoms with Gasteiger partial charge in [-0.25, -0.2) is 0 Å². The van der Waals surface area contributed by atoms with Crippen LogP contribution in [0.2, 0.25) is 0 Å². The van der Waals surface area contributed by atoms with E-state index < -0.39 is 0 Å². The molecule has 0 atom stereocenters. The first-order chi connectivity index (χ1) is 9.53. The van der Waals surface area contributed by atoms with Crippen molar-refractivity contribution in [1.29, 1.82) is 0 Å². The maximum atomic E-state index is 12.3. The maximum Gasteiger partial charge on any atom is 0.253 e. The quantitative estimate of drug-likeness (QED) is 0.855. The van der Waals surface area contributed by atoms with Gasteiger partial charge in [-0.1, -0.05) is 32.0 Å². The highest BCUT2D eigenvalue weighted by molar-refractivity contribution is 6.17. The minimum Gasteiger partial charge on any atom is -0.351 e. The van der Waals surface area contributed by atoms with Crippen LogP contribution in [0, 0.1) is 5.41 Å². The van der Waals surface area contributed by atoms with E-state index in [4.69, 9.17) is 11.6 Å². The number of halogens is 1. The summed E-state index contributed by atoms with van der Waals surface area (Å²) in [5.41, 5.74) is 1.35. The molecule has 0 aliphatic heterocycles. The topological polar surface area (TPSA) is 42.0 Å². The summed E-state index contributed by atoms with van der Waals surface area (Å²) in [6.45, 7) is 4.79. The normalized spacial score (nSPS) is 11.6. The van der Waals surface area contributed by atoms with Gasteiger partial charge in [0, 0.05) is 24.0 Å². The molecule has 20 heavy (non-hydrogen) atoms. The van der Waals surface area contributed by atoms with Crippen LogP contribution in [0.25, 0.3) is 10.9 Å². The number of hydrogen-bond donors (Lipinski definition) is 1. The van der Waals surface area contributed by atoms with Crippen molar-refractivity contribution in [2.75, 3.05) is 12.4 Å². The van der Waals surface area contributed by atoms with Crippen LogP contribution in [-0.4, -0.2) is 23.3 Å². The average Bonchev–Trinajstić information content (AvgIpc) is 2.44. The number of carbonyl (C=O) groups excluding carboxylic acids is 1. The SMILES string of the molecule is CC(C)(CCCl)CNC(=O)c1cccc2cccnc12. The smallest absolute Gasteiger partial charge is 0.253 e. The molecule has 1 N–H and O–H groups in total. The second-order valence-electron chi connectivity index (χ2n) is 5.67. The molecule has 2 aromatic rings.